The zero-order valence-corrected chi connectivity index (χ0v) is 20.1. The van der Waals surface area contributed by atoms with Crippen LogP contribution in [-0.2, 0) is 0 Å². The van der Waals surface area contributed by atoms with Crippen molar-refractivity contribution in [1.82, 2.24) is 14.2 Å². The minimum atomic E-state index is -0.196. The Labute approximate surface area is 208 Å². The molecular formula is C31H24N4O. The number of hydrogen-bond donors (Lipinski definition) is 0. The maximum absolute atomic E-state index is 13.5. The van der Waals surface area contributed by atoms with E-state index in [1.807, 2.05) is 48.5 Å². The number of aryl methyl sites for hydroxylation is 1. The average molecular weight is 469 g/mol. The van der Waals surface area contributed by atoms with Gasteiger partial charge in [0.2, 0.25) is 0 Å². The number of hydrogen-bond acceptors (Lipinski definition) is 3. The summed E-state index contributed by atoms with van der Waals surface area (Å²) in [6.45, 7) is 4.17. The first-order chi connectivity index (χ1) is 17.6. The van der Waals surface area contributed by atoms with Crippen LogP contribution in [0.25, 0.3) is 38.8 Å². The summed E-state index contributed by atoms with van der Waals surface area (Å²) in [5.74, 6) is 0.512. The molecule has 0 spiro atoms. The summed E-state index contributed by atoms with van der Waals surface area (Å²) in [5, 5.41) is 7.59. The molecule has 0 radical (unpaired) electrons. The zero-order chi connectivity index (χ0) is 24.6. The fraction of sp³-hybridized carbons (Fsp3) is 0.0645. The predicted octanol–water partition coefficient (Wildman–Crippen LogP) is 6.51. The Morgan fingerprint density at radius 2 is 1.47 bits per heavy atom. The van der Waals surface area contributed by atoms with E-state index in [-0.39, 0.29) is 5.56 Å². The second-order valence-electron chi connectivity index (χ2n) is 8.84. The van der Waals surface area contributed by atoms with Gasteiger partial charge in [-0.1, -0.05) is 78.9 Å². The van der Waals surface area contributed by atoms with Gasteiger partial charge >= 0.3 is 0 Å². The highest BCUT2D eigenvalue weighted by atomic mass is 16.1. The maximum atomic E-state index is 13.5. The Hall–Kier alpha value is -4.77. The molecule has 6 aromatic rings. The highest BCUT2D eigenvalue weighted by Gasteiger charge is 2.14. The van der Waals surface area contributed by atoms with Crippen LogP contribution in [0.1, 0.15) is 17.0 Å². The van der Waals surface area contributed by atoms with Crippen LogP contribution in [0.4, 0.5) is 0 Å². The molecule has 0 bridgehead atoms. The van der Waals surface area contributed by atoms with Gasteiger partial charge in [-0.15, -0.1) is 0 Å². The third-order valence-corrected chi connectivity index (χ3v) is 6.58. The Kier molecular flexibility index (Phi) is 5.30. The first-order valence-electron chi connectivity index (χ1n) is 11.9. The highest BCUT2D eigenvalue weighted by molar-refractivity contribution is 5.91. The molecule has 6 rings (SSSR count). The minimum Gasteiger partial charge on any atom is -0.317 e. The lowest BCUT2D eigenvalue weighted by Crippen LogP contribution is -2.20. The van der Waals surface area contributed by atoms with E-state index in [1.54, 1.807) is 12.3 Å². The van der Waals surface area contributed by atoms with E-state index in [9.17, 15) is 4.79 Å². The molecule has 5 nitrogen and oxygen atoms in total. The molecule has 0 aliphatic heterocycles. The Balaban J connectivity index is 1.51. The summed E-state index contributed by atoms with van der Waals surface area (Å²) in [6.07, 6.45) is 1.76. The molecule has 174 valence electrons. The van der Waals surface area contributed by atoms with E-state index in [0.717, 1.165) is 28.2 Å². The summed E-state index contributed by atoms with van der Waals surface area (Å²) in [7, 11) is 0. The summed E-state index contributed by atoms with van der Waals surface area (Å²) < 4.78 is 3.64. The van der Waals surface area contributed by atoms with Gasteiger partial charge < -0.3 is 4.57 Å². The second-order valence-corrected chi connectivity index (χ2v) is 8.84. The molecule has 0 amide bonds. The first kappa shape index (κ1) is 21.7. The molecule has 4 aromatic carbocycles. The van der Waals surface area contributed by atoms with Crippen molar-refractivity contribution in [1.29, 1.82) is 0 Å². The van der Waals surface area contributed by atoms with Gasteiger partial charge in [0.1, 0.15) is 0 Å². The highest BCUT2D eigenvalue weighted by Crippen LogP contribution is 2.27. The van der Waals surface area contributed by atoms with E-state index in [2.05, 4.69) is 72.0 Å². The predicted molar refractivity (Wildman–Crippen MR) is 147 cm³/mol. The molecule has 0 unspecified atom stereocenters. The minimum absolute atomic E-state index is 0.196. The largest absolute Gasteiger partial charge is 0.317 e. The van der Waals surface area contributed by atoms with Crippen LogP contribution in [0.15, 0.2) is 113 Å². The van der Waals surface area contributed by atoms with Crippen molar-refractivity contribution < 1.29 is 0 Å². The van der Waals surface area contributed by atoms with E-state index in [4.69, 9.17) is 4.98 Å². The second kappa shape index (κ2) is 8.78. The van der Waals surface area contributed by atoms with Gasteiger partial charge in [0.25, 0.3) is 5.56 Å². The molecule has 5 heteroatoms. The molecule has 0 saturated carbocycles. The van der Waals surface area contributed by atoms with Gasteiger partial charge in [-0.05, 0) is 43.5 Å². The van der Waals surface area contributed by atoms with Gasteiger partial charge in [-0.3, -0.25) is 4.79 Å². The number of para-hydroxylation sites is 1. The Morgan fingerprint density at radius 1 is 0.778 bits per heavy atom. The maximum Gasteiger partial charge on any atom is 0.282 e. The SMILES string of the molecule is Cc1cc(C=Nn2c(-c3ccccc3)nc3ccccc3c2=O)c(C)n1-c1cccc2ccccc12. The molecule has 0 aliphatic carbocycles. The molecule has 2 aromatic heterocycles. The molecule has 0 aliphatic rings. The van der Waals surface area contributed by atoms with Crippen molar-refractivity contribution in [2.75, 3.05) is 0 Å². The molecule has 0 saturated heterocycles. The van der Waals surface area contributed by atoms with Gasteiger partial charge in [0.05, 0.1) is 22.8 Å². The summed E-state index contributed by atoms with van der Waals surface area (Å²) in [6, 6.07) is 33.9. The number of aromatic nitrogens is 3. The van der Waals surface area contributed by atoms with Crippen molar-refractivity contribution in [3.63, 3.8) is 0 Å². The number of rotatable bonds is 4. The third-order valence-electron chi connectivity index (χ3n) is 6.58. The quantitative estimate of drug-likeness (QED) is 0.277. The van der Waals surface area contributed by atoms with Crippen LogP contribution >= 0.6 is 0 Å². The molecule has 0 atom stereocenters. The van der Waals surface area contributed by atoms with E-state index in [0.29, 0.717) is 16.7 Å². The van der Waals surface area contributed by atoms with Crippen molar-refractivity contribution >= 4 is 27.9 Å². The van der Waals surface area contributed by atoms with Crippen molar-refractivity contribution in [2.24, 2.45) is 5.10 Å². The smallest absolute Gasteiger partial charge is 0.282 e. The van der Waals surface area contributed by atoms with Gasteiger partial charge in [0.15, 0.2) is 5.82 Å². The normalized spacial score (nSPS) is 11.6. The fourth-order valence-electron chi connectivity index (χ4n) is 4.82. The molecular weight excluding hydrogens is 444 g/mol. The Bertz CT molecular complexity index is 1820. The van der Waals surface area contributed by atoms with Crippen molar-refractivity contribution in [2.45, 2.75) is 13.8 Å². The molecule has 2 heterocycles. The molecule has 0 fully saturated rings. The first-order valence-corrected chi connectivity index (χ1v) is 11.9. The molecule has 36 heavy (non-hydrogen) atoms. The van der Waals surface area contributed by atoms with Gasteiger partial charge in [-0.25, -0.2) is 4.98 Å². The number of nitrogens with zero attached hydrogens (tertiary/aromatic N) is 4. The van der Waals surface area contributed by atoms with Crippen LogP contribution in [0, 0.1) is 13.8 Å². The lowest BCUT2D eigenvalue weighted by molar-refractivity contribution is 0.829. The Morgan fingerprint density at radius 3 is 2.31 bits per heavy atom. The van der Waals surface area contributed by atoms with E-state index < -0.39 is 0 Å². The van der Waals surface area contributed by atoms with Crippen molar-refractivity contribution in [3.8, 4) is 17.1 Å². The topological polar surface area (TPSA) is 52.2 Å². The van der Waals surface area contributed by atoms with E-state index >= 15 is 0 Å². The van der Waals surface area contributed by atoms with Crippen LogP contribution in [0.2, 0.25) is 0 Å². The monoisotopic (exact) mass is 468 g/mol. The van der Waals surface area contributed by atoms with Crippen LogP contribution in [0.3, 0.4) is 0 Å². The average Bonchev–Trinajstić information content (AvgIpc) is 3.20. The van der Waals surface area contributed by atoms with E-state index in [1.165, 1.54) is 15.4 Å². The number of benzene rings is 4. The zero-order valence-electron chi connectivity index (χ0n) is 20.1. The summed E-state index contributed by atoms with van der Waals surface area (Å²) >= 11 is 0. The number of fused-ring (bicyclic) bond motifs is 2. The van der Waals surface area contributed by atoms with Gasteiger partial charge in [0, 0.05) is 27.9 Å². The molecule has 0 N–H and O–H groups in total. The third kappa shape index (κ3) is 3.62. The summed E-state index contributed by atoms with van der Waals surface area (Å²) in [4.78, 5) is 18.3. The summed E-state index contributed by atoms with van der Waals surface area (Å²) in [5.41, 5.74) is 5.50. The van der Waals surface area contributed by atoms with Crippen LogP contribution in [-0.4, -0.2) is 20.4 Å². The standard InChI is InChI=1S/C31H24N4O/c1-21-19-25(22(2)34(21)29-18-10-14-23-11-6-7-15-26(23)29)20-32-35-30(24-12-4-3-5-13-24)33-28-17-9-8-16-27(28)31(35)36/h3-20H,1-2H3. The lowest BCUT2D eigenvalue weighted by atomic mass is 10.1. The van der Waals surface area contributed by atoms with Crippen LogP contribution in [0.5, 0.6) is 0 Å². The van der Waals surface area contributed by atoms with Gasteiger partial charge in [-0.2, -0.15) is 9.78 Å². The fourth-order valence-corrected chi connectivity index (χ4v) is 4.82. The van der Waals surface area contributed by atoms with Crippen molar-refractivity contribution in [3.05, 3.63) is 130 Å². The van der Waals surface area contributed by atoms with Crippen LogP contribution < -0.4 is 5.56 Å². The lowest BCUT2D eigenvalue weighted by Gasteiger charge is -2.13.